The number of piperidine rings is 1. The molecule has 3 aromatic rings. The molecule has 1 aromatic heterocycles. The molecule has 2 aromatic carbocycles. The minimum absolute atomic E-state index is 0.394. The van der Waals surface area contributed by atoms with Gasteiger partial charge in [-0.3, -0.25) is 0 Å². The van der Waals surface area contributed by atoms with Crippen molar-refractivity contribution in [2.24, 2.45) is 5.73 Å². The number of nitrogens with zero attached hydrogens (tertiary/aromatic N) is 4. The molecule has 7 heteroatoms. The van der Waals surface area contributed by atoms with Gasteiger partial charge in [-0.05, 0) is 43.2 Å². The molecule has 2 heterocycles. The molecular weight excluding hydrogens is 369 g/mol. The third-order valence-electron chi connectivity index (χ3n) is 5.29. The Morgan fingerprint density at radius 3 is 2.76 bits per heavy atom. The number of alkyl halides is 1. The van der Waals surface area contributed by atoms with Gasteiger partial charge in [0.15, 0.2) is 0 Å². The van der Waals surface area contributed by atoms with Crippen LogP contribution in [0, 0.1) is 11.3 Å². The monoisotopic (exact) mass is 393 g/mol. The van der Waals surface area contributed by atoms with Gasteiger partial charge in [-0.15, -0.1) is 0 Å². The summed E-state index contributed by atoms with van der Waals surface area (Å²) in [5, 5.41) is 9.04. The number of nitriles is 1. The first-order valence-corrected chi connectivity index (χ1v) is 9.85. The van der Waals surface area contributed by atoms with E-state index in [2.05, 4.69) is 15.5 Å². The van der Waals surface area contributed by atoms with Crippen LogP contribution in [0.3, 0.4) is 0 Å². The van der Waals surface area contributed by atoms with Crippen LogP contribution in [0.4, 0.5) is 10.3 Å². The summed E-state index contributed by atoms with van der Waals surface area (Å²) in [5.74, 6) is 1.56. The number of hydrogen-bond donors (Lipinski definition) is 1. The van der Waals surface area contributed by atoms with E-state index in [0.29, 0.717) is 38.2 Å². The molecule has 29 heavy (non-hydrogen) atoms. The molecule has 0 saturated carbocycles. The largest absolute Gasteiger partial charge is 0.494 e. The van der Waals surface area contributed by atoms with Crippen LogP contribution >= 0.6 is 0 Å². The summed E-state index contributed by atoms with van der Waals surface area (Å²) < 4.78 is 21.7. The predicted octanol–water partition coefficient (Wildman–Crippen LogP) is 3.23. The SMILES string of the molecule is CCOc1ccc2nc(N3CC[C@@H](F)[C@H](N)C3)n(Cc3ccc(C#N)cc3)c2c1. The van der Waals surface area contributed by atoms with E-state index >= 15 is 0 Å². The average Bonchev–Trinajstić information content (AvgIpc) is 3.09. The molecule has 2 atom stereocenters. The van der Waals surface area contributed by atoms with E-state index in [1.807, 2.05) is 49.4 Å². The van der Waals surface area contributed by atoms with Gasteiger partial charge in [-0.2, -0.15) is 5.26 Å². The van der Waals surface area contributed by atoms with Crippen molar-refractivity contribution in [3.8, 4) is 11.8 Å². The smallest absolute Gasteiger partial charge is 0.206 e. The first-order valence-electron chi connectivity index (χ1n) is 9.85. The van der Waals surface area contributed by atoms with Crippen molar-refractivity contribution in [1.29, 1.82) is 5.26 Å². The molecule has 0 spiro atoms. The van der Waals surface area contributed by atoms with Crippen LogP contribution in [0.25, 0.3) is 11.0 Å². The van der Waals surface area contributed by atoms with Gasteiger partial charge in [0.05, 0.1) is 41.9 Å². The van der Waals surface area contributed by atoms with E-state index in [1.54, 1.807) is 0 Å². The predicted molar refractivity (Wildman–Crippen MR) is 111 cm³/mol. The van der Waals surface area contributed by atoms with Crippen molar-refractivity contribution in [1.82, 2.24) is 9.55 Å². The van der Waals surface area contributed by atoms with Gasteiger partial charge in [-0.25, -0.2) is 9.37 Å². The summed E-state index contributed by atoms with van der Waals surface area (Å²) in [7, 11) is 0. The van der Waals surface area contributed by atoms with E-state index in [0.717, 1.165) is 28.3 Å². The molecule has 1 saturated heterocycles. The fourth-order valence-corrected chi connectivity index (χ4v) is 3.75. The first-order chi connectivity index (χ1) is 14.1. The number of fused-ring (bicyclic) bond motifs is 1. The Labute approximate surface area is 169 Å². The number of rotatable bonds is 5. The molecule has 4 rings (SSSR count). The highest BCUT2D eigenvalue weighted by Gasteiger charge is 2.29. The highest BCUT2D eigenvalue weighted by molar-refractivity contribution is 5.80. The summed E-state index contributed by atoms with van der Waals surface area (Å²) in [6.45, 7) is 4.12. The third-order valence-corrected chi connectivity index (χ3v) is 5.29. The maximum absolute atomic E-state index is 13.9. The lowest BCUT2D eigenvalue weighted by Gasteiger charge is -2.34. The maximum Gasteiger partial charge on any atom is 0.206 e. The number of benzene rings is 2. The molecule has 150 valence electrons. The second kappa shape index (κ2) is 8.10. The zero-order valence-electron chi connectivity index (χ0n) is 16.4. The van der Waals surface area contributed by atoms with Gasteiger partial charge in [0, 0.05) is 19.2 Å². The Kier molecular flexibility index (Phi) is 5.36. The van der Waals surface area contributed by atoms with Crippen LogP contribution in [-0.4, -0.2) is 41.5 Å². The fraction of sp³-hybridized carbons (Fsp3) is 0.364. The normalized spacial score (nSPS) is 19.3. The second-order valence-corrected chi connectivity index (χ2v) is 7.30. The number of halogens is 1. The summed E-state index contributed by atoms with van der Waals surface area (Å²) in [4.78, 5) is 6.89. The van der Waals surface area contributed by atoms with Gasteiger partial charge >= 0.3 is 0 Å². The van der Waals surface area contributed by atoms with E-state index in [1.165, 1.54) is 0 Å². The Bertz CT molecular complexity index is 1040. The zero-order valence-corrected chi connectivity index (χ0v) is 16.4. The van der Waals surface area contributed by atoms with E-state index in [4.69, 9.17) is 20.7 Å². The Morgan fingerprint density at radius 2 is 2.07 bits per heavy atom. The Balaban J connectivity index is 1.76. The standard InChI is InChI=1S/C22H24FN5O/c1-2-29-17-7-8-20-21(11-17)28(13-16-5-3-15(12-24)4-6-16)22(26-20)27-10-9-18(23)19(25)14-27/h3-8,11,18-19H,2,9-10,13-14,25H2,1H3/t18-,19-/m1/s1. The van der Waals surface area contributed by atoms with Gasteiger partial charge in [0.2, 0.25) is 5.95 Å². The van der Waals surface area contributed by atoms with E-state index in [9.17, 15) is 4.39 Å². The van der Waals surface area contributed by atoms with E-state index in [-0.39, 0.29) is 0 Å². The molecule has 0 aliphatic carbocycles. The molecule has 0 bridgehead atoms. The minimum atomic E-state index is -0.979. The van der Waals surface area contributed by atoms with Crippen LogP contribution < -0.4 is 15.4 Å². The van der Waals surface area contributed by atoms with Crippen LogP contribution in [0.15, 0.2) is 42.5 Å². The van der Waals surface area contributed by atoms with E-state index < -0.39 is 12.2 Å². The van der Waals surface area contributed by atoms with Crippen molar-refractivity contribution in [3.63, 3.8) is 0 Å². The number of aromatic nitrogens is 2. The Hall–Kier alpha value is -3.11. The second-order valence-electron chi connectivity index (χ2n) is 7.30. The van der Waals surface area contributed by atoms with Gasteiger partial charge in [0.25, 0.3) is 0 Å². The van der Waals surface area contributed by atoms with Gasteiger partial charge in [0.1, 0.15) is 11.9 Å². The highest BCUT2D eigenvalue weighted by Crippen LogP contribution is 2.29. The van der Waals surface area contributed by atoms with Crippen LogP contribution in [-0.2, 0) is 6.54 Å². The third kappa shape index (κ3) is 3.89. The Morgan fingerprint density at radius 1 is 1.28 bits per heavy atom. The van der Waals surface area contributed by atoms with Crippen molar-refractivity contribution < 1.29 is 9.13 Å². The lowest BCUT2D eigenvalue weighted by molar-refractivity contribution is 0.243. The van der Waals surface area contributed by atoms with Gasteiger partial charge in [-0.1, -0.05) is 12.1 Å². The van der Waals surface area contributed by atoms with Crippen molar-refractivity contribution in [3.05, 3.63) is 53.6 Å². The summed E-state index contributed by atoms with van der Waals surface area (Å²) in [6, 6.07) is 15.0. The van der Waals surface area contributed by atoms with Crippen molar-refractivity contribution >= 4 is 17.0 Å². The number of anilines is 1. The highest BCUT2D eigenvalue weighted by atomic mass is 19.1. The number of ether oxygens (including phenoxy) is 1. The van der Waals surface area contributed by atoms with Crippen LogP contribution in [0.2, 0.25) is 0 Å². The molecule has 1 aliphatic heterocycles. The van der Waals surface area contributed by atoms with Crippen LogP contribution in [0.5, 0.6) is 5.75 Å². The molecular formula is C22H24FN5O. The topological polar surface area (TPSA) is 80.1 Å². The zero-order chi connectivity index (χ0) is 20.4. The molecule has 1 fully saturated rings. The first kappa shape index (κ1) is 19.2. The summed E-state index contributed by atoms with van der Waals surface area (Å²) >= 11 is 0. The number of nitrogens with two attached hydrogens (primary N) is 1. The molecule has 0 radical (unpaired) electrons. The minimum Gasteiger partial charge on any atom is -0.494 e. The van der Waals surface area contributed by atoms with Crippen LogP contribution in [0.1, 0.15) is 24.5 Å². The number of imidazole rings is 1. The molecule has 6 nitrogen and oxygen atoms in total. The van der Waals surface area contributed by atoms with Gasteiger partial charge < -0.3 is 19.9 Å². The lowest BCUT2D eigenvalue weighted by Crippen LogP contribution is -2.50. The molecule has 2 N–H and O–H groups in total. The molecule has 0 amide bonds. The summed E-state index contributed by atoms with van der Waals surface area (Å²) in [6.07, 6.45) is -0.585. The van der Waals surface area contributed by atoms with Crippen molar-refractivity contribution in [2.75, 3.05) is 24.6 Å². The number of hydrogen-bond acceptors (Lipinski definition) is 5. The lowest BCUT2D eigenvalue weighted by atomic mass is 10.1. The molecule has 0 unspecified atom stereocenters. The fourth-order valence-electron chi connectivity index (χ4n) is 3.75. The maximum atomic E-state index is 13.9. The van der Waals surface area contributed by atoms with Crippen molar-refractivity contribution in [2.45, 2.75) is 32.1 Å². The molecule has 1 aliphatic rings. The quantitative estimate of drug-likeness (QED) is 0.720. The summed E-state index contributed by atoms with van der Waals surface area (Å²) in [5.41, 5.74) is 9.48. The average molecular weight is 393 g/mol.